The van der Waals surface area contributed by atoms with Gasteiger partial charge in [-0.1, -0.05) is 146 Å². The van der Waals surface area contributed by atoms with E-state index in [0.29, 0.717) is 0 Å². The summed E-state index contributed by atoms with van der Waals surface area (Å²) in [4.78, 5) is 3.68. The summed E-state index contributed by atoms with van der Waals surface area (Å²) in [6, 6.07) is 73.4. The van der Waals surface area contributed by atoms with Gasteiger partial charge in [-0.2, -0.15) is 0 Å². The first-order chi connectivity index (χ1) is 29.3. The number of anilines is 3. The quantitative estimate of drug-likeness (QED) is 0.176. The van der Waals surface area contributed by atoms with Gasteiger partial charge >= 0.3 is 0 Å². The molecule has 59 heavy (non-hydrogen) atoms. The Morgan fingerprint density at radius 2 is 1.03 bits per heavy atom. The molecule has 0 amide bonds. The number of para-hydroxylation sites is 1. The molecule has 4 heteroatoms. The average Bonchev–Trinajstić information content (AvgIpc) is 3.96. The second-order valence-electron chi connectivity index (χ2n) is 15.5. The zero-order valence-electron chi connectivity index (χ0n) is 31.7. The van der Waals surface area contributed by atoms with Gasteiger partial charge in [0.15, 0.2) is 5.75 Å². The normalized spacial score (nSPS) is 13.4. The average molecular weight is 788 g/mol. The van der Waals surface area contributed by atoms with Crippen molar-refractivity contribution >= 4 is 80.8 Å². The lowest BCUT2D eigenvalue weighted by Crippen LogP contribution is -2.30. The lowest BCUT2D eigenvalue weighted by molar-refractivity contribution is 0.447. The highest BCUT2D eigenvalue weighted by Gasteiger charge is 2.52. The smallest absolute Gasteiger partial charge is 0.150 e. The van der Waals surface area contributed by atoms with Gasteiger partial charge in [-0.15, -0.1) is 22.7 Å². The van der Waals surface area contributed by atoms with E-state index >= 15 is 0 Å². The molecule has 276 valence electrons. The third-order valence-corrected chi connectivity index (χ3v) is 14.9. The first kappa shape index (κ1) is 33.0. The summed E-state index contributed by atoms with van der Waals surface area (Å²) in [5.41, 5.74) is 11.7. The highest BCUT2D eigenvalue weighted by atomic mass is 32.1. The largest absolute Gasteiger partial charge is 0.455 e. The number of benzene rings is 9. The van der Waals surface area contributed by atoms with E-state index in [1.807, 2.05) is 22.7 Å². The zero-order valence-corrected chi connectivity index (χ0v) is 33.4. The molecule has 0 N–H and O–H groups in total. The molecule has 0 unspecified atom stereocenters. The molecule has 0 atom stereocenters. The van der Waals surface area contributed by atoms with Gasteiger partial charge in [-0.25, -0.2) is 0 Å². The van der Waals surface area contributed by atoms with E-state index in [2.05, 4.69) is 205 Å². The van der Waals surface area contributed by atoms with Crippen LogP contribution in [-0.2, 0) is 5.41 Å². The second kappa shape index (κ2) is 12.5. The van der Waals surface area contributed by atoms with Crippen molar-refractivity contribution in [2.75, 3.05) is 4.90 Å². The summed E-state index contributed by atoms with van der Waals surface area (Å²) in [5, 5.41) is 6.17. The van der Waals surface area contributed by atoms with Gasteiger partial charge in [0.2, 0.25) is 0 Å². The van der Waals surface area contributed by atoms with E-state index in [-0.39, 0.29) is 0 Å². The molecule has 1 aliphatic heterocycles. The van der Waals surface area contributed by atoms with Gasteiger partial charge in [-0.3, -0.25) is 0 Å². The molecule has 1 spiro atoms. The van der Waals surface area contributed by atoms with Crippen molar-refractivity contribution in [1.29, 1.82) is 0 Å². The molecule has 9 aromatic carbocycles. The van der Waals surface area contributed by atoms with Gasteiger partial charge in [-0.05, 0) is 98.8 Å². The van der Waals surface area contributed by atoms with Crippen LogP contribution in [0.25, 0.3) is 63.3 Å². The lowest BCUT2D eigenvalue weighted by atomic mass is 9.69. The van der Waals surface area contributed by atoms with Gasteiger partial charge in [0, 0.05) is 47.2 Å². The molecule has 0 saturated heterocycles. The van der Waals surface area contributed by atoms with Crippen molar-refractivity contribution in [2.45, 2.75) is 5.41 Å². The summed E-state index contributed by atoms with van der Waals surface area (Å²) in [6.07, 6.45) is 0. The Bertz CT molecular complexity index is 3450. The second-order valence-corrected chi connectivity index (χ2v) is 17.7. The predicted molar refractivity (Wildman–Crippen MR) is 250 cm³/mol. The van der Waals surface area contributed by atoms with Crippen LogP contribution in [0.4, 0.5) is 17.1 Å². The molecule has 1 aliphatic carbocycles. The third kappa shape index (κ3) is 4.61. The van der Waals surface area contributed by atoms with Crippen molar-refractivity contribution in [2.24, 2.45) is 0 Å². The van der Waals surface area contributed by atoms with Crippen LogP contribution >= 0.6 is 22.7 Å². The van der Waals surface area contributed by atoms with Crippen LogP contribution < -0.4 is 9.64 Å². The van der Waals surface area contributed by atoms with Crippen LogP contribution in [0.3, 0.4) is 0 Å². The maximum Gasteiger partial charge on any atom is 0.150 e. The number of fused-ring (bicyclic) bond motifs is 15. The molecule has 2 nitrogen and oxygen atoms in total. The third-order valence-electron chi connectivity index (χ3n) is 12.5. The number of rotatable bonds is 4. The minimum absolute atomic E-state index is 0.487. The molecule has 11 aromatic rings. The molecule has 0 saturated carbocycles. The van der Waals surface area contributed by atoms with Crippen LogP contribution in [0.5, 0.6) is 11.5 Å². The fraction of sp³-hybridized carbons (Fsp3) is 0.0182. The SMILES string of the molecule is c1ccc2c(c1)Oc1c(sc3ccc(N(c4ccc(-c5cccc6ccccc56)cc4)c4cccc5sc6ccccc6c45)cc13)C21c2ccccc2-c2ccccc21. The lowest BCUT2D eigenvalue weighted by Gasteiger charge is -2.37. The van der Waals surface area contributed by atoms with Crippen LogP contribution in [0.2, 0.25) is 0 Å². The molecule has 0 bridgehead atoms. The molecule has 0 fully saturated rings. The van der Waals surface area contributed by atoms with Crippen LogP contribution in [0.1, 0.15) is 21.6 Å². The van der Waals surface area contributed by atoms with Crippen LogP contribution in [0, 0.1) is 0 Å². The maximum atomic E-state index is 7.10. The molecule has 2 aromatic heterocycles. The highest BCUT2D eigenvalue weighted by molar-refractivity contribution is 7.26. The summed E-state index contributed by atoms with van der Waals surface area (Å²) >= 11 is 3.72. The number of hydrogen-bond donors (Lipinski definition) is 0. The van der Waals surface area contributed by atoms with Gasteiger partial charge in [0.1, 0.15) is 5.75 Å². The van der Waals surface area contributed by atoms with Crippen LogP contribution in [0.15, 0.2) is 200 Å². The number of nitrogens with zero attached hydrogens (tertiary/aromatic N) is 1. The summed E-state index contributed by atoms with van der Waals surface area (Å²) in [5.74, 6) is 1.86. The minimum atomic E-state index is -0.487. The van der Waals surface area contributed by atoms with Gasteiger partial charge in [0.05, 0.1) is 16.0 Å². The van der Waals surface area contributed by atoms with E-state index < -0.39 is 5.41 Å². The predicted octanol–water partition coefficient (Wildman–Crippen LogP) is 16.0. The monoisotopic (exact) mass is 787 g/mol. The van der Waals surface area contributed by atoms with Crippen LogP contribution in [-0.4, -0.2) is 0 Å². The number of thiophene rings is 2. The number of hydrogen-bond acceptors (Lipinski definition) is 4. The Kier molecular flexibility index (Phi) is 7.00. The van der Waals surface area contributed by atoms with E-state index in [9.17, 15) is 0 Å². The van der Waals surface area contributed by atoms with Crippen molar-refractivity contribution in [3.8, 4) is 33.8 Å². The molecule has 13 rings (SSSR count). The molecular formula is C55H33NOS2. The first-order valence-corrected chi connectivity index (χ1v) is 21.7. The van der Waals surface area contributed by atoms with Crippen molar-refractivity contribution in [3.05, 3.63) is 222 Å². The summed E-state index contributed by atoms with van der Waals surface area (Å²) < 4.78 is 10.9. The maximum absolute atomic E-state index is 7.10. The molecule has 3 heterocycles. The van der Waals surface area contributed by atoms with Crippen molar-refractivity contribution in [1.82, 2.24) is 0 Å². The van der Waals surface area contributed by atoms with Gasteiger partial charge in [0.25, 0.3) is 0 Å². The Hall–Kier alpha value is -6.98. The fourth-order valence-electron chi connectivity index (χ4n) is 10.1. The molecule has 2 aliphatic rings. The standard InChI is InChI=1S/C55H33NOS2/c1-2-15-38-34(13-1)14-11-19-39(38)35-27-29-36(30-28-35)56(47-23-12-26-51-52(47)42-18-5-10-25-49(42)58-51)37-31-32-50-43(33-37)53-54(59-50)55(46-22-8-9-24-48(46)57-53)44-20-6-3-16-40(44)41-17-4-7-21-45(41)55/h1-33H. The Balaban J connectivity index is 1.05. The van der Waals surface area contributed by atoms with Crippen molar-refractivity contribution in [3.63, 3.8) is 0 Å². The minimum Gasteiger partial charge on any atom is -0.455 e. The molecule has 0 radical (unpaired) electrons. The van der Waals surface area contributed by atoms with E-state index in [1.54, 1.807) is 0 Å². The number of ether oxygens (including phenoxy) is 1. The Morgan fingerprint density at radius 1 is 0.424 bits per heavy atom. The van der Waals surface area contributed by atoms with Crippen molar-refractivity contribution < 1.29 is 4.74 Å². The van der Waals surface area contributed by atoms with E-state index in [0.717, 1.165) is 33.9 Å². The molecular weight excluding hydrogens is 755 g/mol. The summed E-state index contributed by atoms with van der Waals surface area (Å²) in [7, 11) is 0. The fourth-order valence-corrected chi connectivity index (χ4v) is 12.5. The van der Waals surface area contributed by atoms with Gasteiger partial charge < -0.3 is 9.64 Å². The first-order valence-electron chi connectivity index (χ1n) is 20.1. The Labute approximate surface area is 349 Å². The summed E-state index contributed by atoms with van der Waals surface area (Å²) in [6.45, 7) is 0. The zero-order chi connectivity index (χ0) is 38.7. The highest BCUT2D eigenvalue weighted by Crippen LogP contribution is 2.65. The van der Waals surface area contributed by atoms with E-state index in [4.69, 9.17) is 4.74 Å². The topological polar surface area (TPSA) is 12.5 Å². The Morgan fingerprint density at radius 3 is 1.86 bits per heavy atom. The van der Waals surface area contributed by atoms with E-state index in [1.165, 1.54) is 79.5 Å².